The van der Waals surface area contributed by atoms with E-state index in [1.165, 1.54) is 0 Å². The molecule has 2 bridgehead atoms. The number of ether oxygens (including phenoxy) is 2. The molecule has 4 aliphatic carbocycles. The van der Waals surface area contributed by atoms with Crippen molar-refractivity contribution in [1.82, 2.24) is 0 Å². The van der Waals surface area contributed by atoms with Gasteiger partial charge in [-0.15, -0.1) is 0 Å². The van der Waals surface area contributed by atoms with Crippen molar-refractivity contribution < 1.29 is 40.1 Å². The zero-order valence-electron chi connectivity index (χ0n) is 20.9. The van der Waals surface area contributed by atoms with Gasteiger partial charge in [-0.05, 0) is 85.9 Å². The van der Waals surface area contributed by atoms with E-state index >= 15 is 0 Å². The maximum absolute atomic E-state index is 11.5. The van der Waals surface area contributed by atoms with Gasteiger partial charge in [-0.2, -0.15) is 0 Å². The van der Waals surface area contributed by atoms with Crippen molar-refractivity contribution in [3.8, 4) is 0 Å². The highest BCUT2D eigenvalue weighted by Crippen LogP contribution is 2.73. The fourth-order valence-corrected chi connectivity index (χ4v) is 9.93. The van der Waals surface area contributed by atoms with Crippen molar-refractivity contribution in [3.63, 3.8) is 0 Å². The third-order valence-corrected chi connectivity index (χ3v) is 10.7. The average Bonchev–Trinajstić information content (AvgIpc) is 2.90. The van der Waals surface area contributed by atoms with Crippen LogP contribution >= 0.6 is 0 Å². The summed E-state index contributed by atoms with van der Waals surface area (Å²) in [5.74, 6) is 0.736. The molecule has 0 aromatic rings. The van der Waals surface area contributed by atoms with Crippen molar-refractivity contribution in [1.29, 1.82) is 0 Å². The zero-order chi connectivity index (χ0) is 24.8. The number of rotatable bonds is 3. The molecule has 13 atom stereocenters. The molecule has 8 nitrogen and oxygen atoms in total. The van der Waals surface area contributed by atoms with Crippen LogP contribution in [0.1, 0.15) is 72.6 Å². The van der Waals surface area contributed by atoms with Crippen LogP contribution in [0.5, 0.6) is 0 Å². The van der Waals surface area contributed by atoms with Gasteiger partial charge in [-0.3, -0.25) is 0 Å². The first-order valence-electron chi connectivity index (χ1n) is 13.1. The fourth-order valence-electron chi connectivity index (χ4n) is 9.93. The summed E-state index contributed by atoms with van der Waals surface area (Å²) in [4.78, 5) is 0. The van der Waals surface area contributed by atoms with Crippen LogP contribution in [-0.2, 0) is 9.47 Å². The molecule has 1 heterocycles. The molecule has 5 aliphatic rings. The minimum absolute atomic E-state index is 0.0712. The molecule has 0 amide bonds. The molecule has 2 unspecified atom stereocenters. The van der Waals surface area contributed by atoms with Gasteiger partial charge in [-0.1, -0.05) is 20.8 Å². The fraction of sp³-hybridized carbons (Fsp3) is 1.00. The Bertz CT molecular complexity index is 785. The van der Waals surface area contributed by atoms with E-state index in [2.05, 4.69) is 20.8 Å². The molecule has 0 radical (unpaired) electrons. The Morgan fingerprint density at radius 2 is 1.59 bits per heavy atom. The van der Waals surface area contributed by atoms with Crippen molar-refractivity contribution in [2.24, 2.45) is 34.0 Å². The number of fused-ring (bicyclic) bond motifs is 3. The Morgan fingerprint density at radius 1 is 0.882 bits per heavy atom. The Hall–Kier alpha value is -0.320. The van der Waals surface area contributed by atoms with E-state index in [0.29, 0.717) is 18.8 Å². The SMILES string of the molecule is CC1(C)CC(O[C@@H]2O[C@H](CO)[C@@H](O)[C@@H](O)[C@H]2O)C[C@@]2(C)[C@H]1C(O)C[C@]13C[C@@H](CC[C@@H]12)[C@@](C)(O)C3. The first-order valence-corrected chi connectivity index (χ1v) is 13.1. The number of hydrogen-bond acceptors (Lipinski definition) is 8. The van der Waals surface area contributed by atoms with Crippen LogP contribution in [0.4, 0.5) is 0 Å². The van der Waals surface area contributed by atoms with Gasteiger partial charge < -0.3 is 40.1 Å². The number of aliphatic hydroxyl groups is 6. The molecule has 8 heteroatoms. The van der Waals surface area contributed by atoms with E-state index in [9.17, 15) is 30.6 Å². The van der Waals surface area contributed by atoms with Crippen LogP contribution in [0.25, 0.3) is 0 Å². The third-order valence-electron chi connectivity index (χ3n) is 10.7. The minimum atomic E-state index is -1.47. The zero-order valence-corrected chi connectivity index (χ0v) is 20.9. The molecule has 1 saturated heterocycles. The van der Waals surface area contributed by atoms with Crippen LogP contribution in [0.2, 0.25) is 0 Å². The van der Waals surface area contributed by atoms with E-state index in [4.69, 9.17) is 9.47 Å². The third kappa shape index (κ3) is 3.63. The number of hydrogen-bond donors (Lipinski definition) is 6. The lowest BCUT2D eigenvalue weighted by Crippen LogP contribution is -2.64. The summed E-state index contributed by atoms with van der Waals surface area (Å²) in [7, 11) is 0. The lowest BCUT2D eigenvalue weighted by atomic mass is 9.40. The lowest BCUT2D eigenvalue weighted by Gasteiger charge is -2.66. The van der Waals surface area contributed by atoms with E-state index in [-0.39, 0.29) is 34.2 Å². The molecule has 6 N–H and O–H groups in total. The molecular weight excluding hydrogens is 440 g/mol. The maximum atomic E-state index is 11.5. The molecule has 1 aliphatic heterocycles. The first-order chi connectivity index (χ1) is 15.7. The smallest absolute Gasteiger partial charge is 0.186 e. The van der Waals surface area contributed by atoms with E-state index in [0.717, 1.165) is 32.1 Å². The van der Waals surface area contributed by atoms with Crippen molar-refractivity contribution >= 4 is 0 Å². The van der Waals surface area contributed by atoms with Crippen LogP contribution in [0.3, 0.4) is 0 Å². The second-order valence-corrected chi connectivity index (χ2v) is 13.5. The molecular formula is C26H44O8. The largest absolute Gasteiger partial charge is 0.394 e. The topological polar surface area (TPSA) is 140 Å². The first kappa shape index (κ1) is 25.3. The molecule has 34 heavy (non-hydrogen) atoms. The van der Waals surface area contributed by atoms with Crippen molar-refractivity contribution in [2.45, 2.75) is 121 Å². The second kappa shape index (κ2) is 8.09. The van der Waals surface area contributed by atoms with Crippen LogP contribution < -0.4 is 0 Å². The van der Waals surface area contributed by atoms with Crippen LogP contribution in [0.15, 0.2) is 0 Å². The normalized spacial score (nSPS) is 58.8. The maximum Gasteiger partial charge on any atom is 0.186 e. The second-order valence-electron chi connectivity index (χ2n) is 13.5. The molecule has 1 spiro atoms. The van der Waals surface area contributed by atoms with Gasteiger partial charge in [0.1, 0.15) is 24.4 Å². The van der Waals surface area contributed by atoms with Crippen LogP contribution in [-0.4, -0.2) is 85.8 Å². The predicted octanol–water partition coefficient (Wildman–Crippen LogP) is 0.936. The van der Waals surface area contributed by atoms with E-state index in [1.54, 1.807) is 0 Å². The Balaban J connectivity index is 1.43. The predicted molar refractivity (Wildman–Crippen MR) is 122 cm³/mol. The Kier molecular flexibility index (Phi) is 6.03. The van der Waals surface area contributed by atoms with E-state index in [1.807, 2.05) is 6.92 Å². The van der Waals surface area contributed by atoms with Crippen molar-refractivity contribution in [3.05, 3.63) is 0 Å². The summed E-state index contributed by atoms with van der Waals surface area (Å²) in [6.07, 6.45) is -1.36. The van der Waals surface area contributed by atoms with Crippen molar-refractivity contribution in [2.75, 3.05) is 6.61 Å². The summed E-state index contributed by atoms with van der Waals surface area (Å²) in [5, 5.41) is 63.1. The standard InChI is InChI=1S/C26H44O8/c1-23(2)8-14(33-22-20(31)19(30)18(29)16(11-27)34-22)9-24(3)17-6-5-13-7-26(17,12-25(13,4)32)10-15(28)21(23)24/h13-22,27-32H,5-12H2,1-4H3/t13-,14?,15?,16-,17-,18-,19-,20-,21+,22-,24-,25+,26+/m1/s1. The summed E-state index contributed by atoms with van der Waals surface area (Å²) in [6.45, 7) is 8.11. The molecule has 0 aromatic carbocycles. The molecule has 4 saturated carbocycles. The summed E-state index contributed by atoms with van der Waals surface area (Å²) >= 11 is 0. The van der Waals surface area contributed by atoms with Gasteiger partial charge in [0, 0.05) is 0 Å². The monoisotopic (exact) mass is 484 g/mol. The molecule has 5 fully saturated rings. The summed E-state index contributed by atoms with van der Waals surface area (Å²) in [5.41, 5.74) is -1.21. The molecule has 5 rings (SSSR count). The highest BCUT2D eigenvalue weighted by Gasteiger charge is 2.69. The van der Waals surface area contributed by atoms with Gasteiger partial charge in [0.2, 0.25) is 0 Å². The van der Waals surface area contributed by atoms with Gasteiger partial charge in [0.05, 0.1) is 24.4 Å². The summed E-state index contributed by atoms with van der Waals surface area (Å²) < 4.78 is 12.0. The highest BCUT2D eigenvalue weighted by atomic mass is 16.7. The van der Waals surface area contributed by atoms with Crippen LogP contribution in [0, 0.1) is 34.0 Å². The number of aliphatic hydroxyl groups excluding tert-OH is 5. The lowest BCUT2D eigenvalue weighted by molar-refractivity contribution is -0.324. The van der Waals surface area contributed by atoms with Gasteiger partial charge in [-0.25, -0.2) is 0 Å². The van der Waals surface area contributed by atoms with Gasteiger partial charge >= 0.3 is 0 Å². The highest BCUT2D eigenvalue weighted by molar-refractivity contribution is 5.18. The average molecular weight is 485 g/mol. The quantitative estimate of drug-likeness (QED) is 0.325. The minimum Gasteiger partial charge on any atom is -0.394 e. The Morgan fingerprint density at radius 3 is 2.26 bits per heavy atom. The Labute approximate surface area is 202 Å². The molecule has 196 valence electrons. The summed E-state index contributed by atoms with van der Waals surface area (Å²) in [6, 6.07) is 0. The van der Waals surface area contributed by atoms with Gasteiger partial charge in [0.25, 0.3) is 0 Å². The van der Waals surface area contributed by atoms with E-state index < -0.39 is 49.0 Å². The van der Waals surface area contributed by atoms with Gasteiger partial charge in [0.15, 0.2) is 6.29 Å². The molecule has 0 aromatic heterocycles.